The zero-order chi connectivity index (χ0) is 15.2. The van der Waals surface area contributed by atoms with Crippen LogP contribution in [0, 0.1) is 12.7 Å². The van der Waals surface area contributed by atoms with E-state index < -0.39 is 0 Å². The van der Waals surface area contributed by atoms with Gasteiger partial charge < -0.3 is 5.32 Å². The van der Waals surface area contributed by atoms with Gasteiger partial charge in [-0.2, -0.15) is 0 Å². The molecule has 1 aromatic heterocycles. The Morgan fingerprint density at radius 3 is 2.86 bits per heavy atom. The number of nitrogens with zero attached hydrogens (tertiary/aromatic N) is 1. The Labute approximate surface area is 133 Å². The highest BCUT2D eigenvalue weighted by molar-refractivity contribution is 9.10. The lowest BCUT2D eigenvalue weighted by Crippen LogP contribution is -2.25. The minimum Gasteiger partial charge on any atom is -0.310 e. The second-order valence-corrected chi connectivity index (χ2v) is 6.03. The summed E-state index contributed by atoms with van der Waals surface area (Å²) in [6.45, 7) is 5.13. The van der Waals surface area contributed by atoms with E-state index in [2.05, 4.69) is 40.1 Å². The topological polar surface area (TPSA) is 24.9 Å². The van der Waals surface area contributed by atoms with E-state index in [4.69, 9.17) is 0 Å². The van der Waals surface area contributed by atoms with Crippen LogP contribution in [0.5, 0.6) is 0 Å². The maximum Gasteiger partial charge on any atom is 0.123 e. The number of benzene rings is 1. The average Bonchev–Trinajstić information content (AvgIpc) is 2.48. The van der Waals surface area contributed by atoms with Crippen molar-refractivity contribution < 1.29 is 4.39 Å². The predicted octanol–water partition coefficient (Wildman–Crippen LogP) is 4.58. The quantitative estimate of drug-likeness (QED) is 0.824. The van der Waals surface area contributed by atoms with Crippen LogP contribution >= 0.6 is 15.9 Å². The Bertz CT molecular complexity index is 601. The van der Waals surface area contributed by atoms with E-state index >= 15 is 0 Å². The van der Waals surface area contributed by atoms with Crippen molar-refractivity contribution in [1.29, 1.82) is 0 Å². The molecule has 0 spiro atoms. The van der Waals surface area contributed by atoms with Crippen LogP contribution in [0.2, 0.25) is 0 Å². The Hall–Kier alpha value is -1.26. The number of aryl methyl sites for hydroxylation is 1. The Balaban J connectivity index is 2.28. The molecule has 1 atom stereocenters. The molecule has 0 fully saturated rings. The lowest BCUT2D eigenvalue weighted by molar-refractivity contribution is 0.524. The van der Waals surface area contributed by atoms with E-state index in [0.717, 1.165) is 35.0 Å². The first kappa shape index (κ1) is 16.1. The van der Waals surface area contributed by atoms with Gasteiger partial charge in [0, 0.05) is 22.9 Å². The molecule has 0 amide bonds. The smallest absolute Gasteiger partial charge is 0.123 e. The van der Waals surface area contributed by atoms with Crippen molar-refractivity contribution in [3.8, 4) is 0 Å². The number of hydrogen-bond donors (Lipinski definition) is 1. The Kier molecular flexibility index (Phi) is 5.88. The maximum atomic E-state index is 13.5. The molecule has 2 aromatic rings. The van der Waals surface area contributed by atoms with Crippen LogP contribution in [-0.2, 0) is 6.42 Å². The normalized spacial score (nSPS) is 12.4. The summed E-state index contributed by atoms with van der Waals surface area (Å²) < 4.78 is 14.4. The summed E-state index contributed by atoms with van der Waals surface area (Å²) in [5.74, 6) is -0.200. The summed E-state index contributed by atoms with van der Waals surface area (Å²) in [5, 5.41) is 3.55. The van der Waals surface area contributed by atoms with E-state index in [1.807, 2.05) is 18.5 Å². The van der Waals surface area contributed by atoms with Crippen LogP contribution in [0.3, 0.4) is 0 Å². The largest absolute Gasteiger partial charge is 0.310 e. The average molecular weight is 351 g/mol. The van der Waals surface area contributed by atoms with E-state index in [0.29, 0.717) is 0 Å². The first-order chi connectivity index (χ1) is 10.1. The van der Waals surface area contributed by atoms with Gasteiger partial charge in [0.2, 0.25) is 0 Å². The second kappa shape index (κ2) is 7.66. The van der Waals surface area contributed by atoms with Crippen molar-refractivity contribution >= 4 is 15.9 Å². The van der Waals surface area contributed by atoms with E-state index in [1.165, 1.54) is 11.6 Å². The third-order valence-corrected chi connectivity index (χ3v) is 4.29. The third kappa shape index (κ3) is 4.35. The highest BCUT2D eigenvalue weighted by Crippen LogP contribution is 2.26. The van der Waals surface area contributed by atoms with E-state index in [1.54, 1.807) is 12.1 Å². The second-order valence-electron chi connectivity index (χ2n) is 5.18. The minimum atomic E-state index is -0.200. The molecule has 112 valence electrons. The number of aromatic nitrogens is 1. The molecule has 0 aliphatic heterocycles. The molecule has 2 rings (SSSR count). The van der Waals surface area contributed by atoms with Crippen molar-refractivity contribution in [2.75, 3.05) is 6.54 Å². The maximum absolute atomic E-state index is 13.5. The molecular weight excluding hydrogens is 331 g/mol. The highest BCUT2D eigenvalue weighted by Gasteiger charge is 2.15. The van der Waals surface area contributed by atoms with Crippen LogP contribution in [0.25, 0.3) is 0 Å². The molecule has 0 aliphatic rings. The number of rotatable bonds is 6. The molecule has 1 heterocycles. The molecular formula is C17H20BrFN2. The molecule has 1 unspecified atom stereocenters. The highest BCUT2D eigenvalue weighted by atomic mass is 79.9. The zero-order valence-corrected chi connectivity index (χ0v) is 14.0. The fourth-order valence-corrected chi connectivity index (χ4v) is 2.81. The van der Waals surface area contributed by atoms with Gasteiger partial charge in [-0.25, -0.2) is 4.39 Å². The Morgan fingerprint density at radius 2 is 2.14 bits per heavy atom. The van der Waals surface area contributed by atoms with E-state index in [9.17, 15) is 4.39 Å². The molecule has 4 heteroatoms. The summed E-state index contributed by atoms with van der Waals surface area (Å²) in [5.41, 5.74) is 3.34. The van der Waals surface area contributed by atoms with Gasteiger partial charge in [0.25, 0.3) is 0 Å². The standard InChI is InChI=1S/C17H20BrFN2/c1-3-7-21-17(15-6-8-20-11-12(15)2)10-13-9-14(19)4-5-16(13)18/h4-6,8-9,11,17,21H,3,7,10H2,1-2H3. The lowest BCUT2D eigenvalue weighted by atomic mass is 9.96. The summed E-state index contributed by atoms with van der Waals surface area (Å²) >= 11 is 3.51. The van der Waals surface area contributed by atoms with Crippen molar-refractivity contribution in [2.45, 2.75) is 32.7 Å². The summed E-state index contributed by atoms with van der Waals surface area (Å²) in [6, 6.07) is 7.03. The number of nitrogens with one attached hydrogen (secondary N) is 1. The SMILES string of the molecule is CCCNC(Cc1cc(F)ccc1Br)c1ccncc1C. The van der Waals surface area contributed by atoms with Gasteiger partial charge in [-0.3, -0.25) is 4.98 Å². The first-order valence-corrected chi connectivity index (χ1v) is 7.99. The van der Waals surface area contributed by atoms with Gasteiger partial charge >= 0.3 is 0 Å². The van der Waals surface area contributed by atoms with Gasteiger partial charge in [-0.15, -0.1) is 0 Å². The lowest BCUT2D eigenvalue weighted by Gasteiger charge is -2.21. The van der Waals surface area contributed by atoms with Crippen LogP contribution < -0.4 is 5.32 Å². The monoisotopic (exact) mass is 350 g/mol. The Morgan fingerprint density at radius 1 is 1.33 bits per heavy atom. The van der Waals surface area contributed by atoms with Crippen molar-refractivity contribution in [3.05, 3.63) is 63.6 Å². The third-order valence-electron chi connectivity index (χ3n) is 3.51. The minimum absolute atomic E-state index is 0.158. The molecule has 1 aromatic carbocycles. The van der Waals surface area contributed by atoms with Gasteiger partial charge in [0.15, 0.2) is 0 Å². The van der Waals surface area contributed by atoms with Crippen LogP contribution in [0.4, 0.5) is 4.39 Å². The zero-order valence-electron chi connectivity index (χ0n) is 12.4. The summed E-state index contributed by atoms with van der Waals surface area (Å²) in [4.78, 5) is 4.15. The fraction of sp³-hybridized carbons (Fsp3) is 0.353. The van der Waals surface area contributed by atoms with Gasteiger partial charge in [-0.05, 0) is 67.3 Å². The molecule has 0 aliphatic carbocycles. The van der Waals surface area contributed by atoms with Gasteiger partial charge in [0.1, 0.15) is 5.82 Å². The molecule has 0 saturated heterocycles. The number of pyridine rings is 1. The molecule has 0 bridgehead atoms. The molecule has 1 N–H and O–H groups in total. The number of hydrogen-bond acceptors (Lipinski definition) is 2. The van der Waals surface area contributed by atoms with Crippen molar-refractivity contribution in [3.63, 3.8) is 0 Å². The van der Waals surface area contributed by atoms with Crippen LogP contribution in [0.15, 0.2) is 41.1 Å². The van der Waals surface area contributed by atoms with Gasteiger partial charge in [-0.1, -0.05) is 22.9 Å². The molecule has 0 radical (unpaired) electrons. The number of halogens is 2. The van der Waals surface area contributed by atoms with Gasteiger partial charge in [0.05, 0.1) is 0 Å². The molecule has 2 nitrogen and oxygen atoms in total. The van der Waals surface area contributed by atoms with E-state index in [-0.39, 0.29) is 11.9 Å². The molecule has 0 saturated carbocycles. The van der Waals surface area contributed by atoms with Crippen LogP contribution in [-0.4, -0.2) is 11.5 Å². The van der Waals surface area contributed by atoms with Crippen LogP contribution in [0.1, 0.15) is 36.1 Å². The molecule has 21 heavy (non-hydrogen) atoms. The first-order valence-electron chi connectivity index (χ1n) is 7.19. The van der Waals surface area contributed by atoms with Crippen molar-refractivity contribution in [1.82, 2.24) is 10.3 Å². The summed E-state index contributed by atoms with van der Waals surface area (Å²) in [7, 11) is 0. The predicted molar refractivity (Wildman–Crippen MR) is 87.8 cm³/mol. The van der Waals surface area contributed by atoms with Crippen molar-refractivity contribution in [2.24, 2.45) is 0 Å². The summed E-state index contributed by atoms with van der Waals surface area (Å²) in [6.07, 6.45) is 5.48. The fourth-order valence-electron chi connectivity index (χ4n) is 2.41.